The topological polar surface area (TPSA) is 82.3 Å². The van der Waals surface area contributed by atoms with Gasteiger partial charge in [0, 0.05) is 24.2 Å². The normalized spacial score (nSPS) is 11.8. The summed E-state index contributed by atoms with van der Waals surface area (Å²) < 4.78 is 23.8. The summed E-state index contributed by atoms with van der Waals surface area (Å²) >= 11 is 0. The molecule has 0 fully saturated rings. The molecule has 0 aliphatic rings. The molecule has 2 rings (SSSR count). The van der Waals surface area contributed by atoms with Crippen LogP contribution in [0.5, 0.6) is 11.5 Å². The van der Waals surface area contributed by atoms with E-state index in [1.807, 2.05) is 12.1 Å². The zero-order chi connectivity index (χ0) is 16.1. The van der Waals surface area contributed by atoms with Gasteiger partial charge in [-0.05, 0) is 19.1 Å². The fourth-order valence-corrected chi connectivity index (χ4v) is 1.94. The third kappa shape index (κ3) is 3.75. The van der Waals surface area contributed by atoms with Gasteiger partial charge in [0.1, 0.15) is 23.1 Å². The molecule has 0 aliphatic carbocycles. The minimum absolute atomic E-state index is 0.0594. The van der Waals surface area contributed by atoms with E-state index in [2.05, 4.69) is 15.3 Å². The number of hydrogen-bond acceptors (Lipinski definition) is 6. The number of alkyl halides is 1. The summed E-state index contributed by atoms with van der Waals surface area (Å²) in [6.07, 6.45) is -1.28. The lowest BCUT2D eigenvalue weighted by atomic mass is 10.2. The number of nitrogens with zero attached hydrogens (tertiary/aromatic N) is 2. The van der Waals surface area contributed by atoms with Crippen molar-refractivity contribution in [2.45, 2.75) is 19.6 Å². The van der Waals surface area contributed by atoms with Crippen LogP contribution >= 0.6 is 0 Å². The quantitative estimate of drug-likeness (QED) is 0.854. The number of rotatable bonds is 6. The molecule has 7 heteroatoms. The lowest BCUT2D eigenvalue weighted by Crippen LogP contribution is -2.08. The molecule has 0 radical (unpaired) electrons. The maximum absolute atomic E-state index is 13.3. The number of benzene rings is 1. The van der Waals surface area contributed by atoms with E-state index in [0.29, 0.717) is 23.9 Å². The summed E-state index contributed by atoms with van der Waals surface area (Å²) in [5, 5.41) is 3.09. The van der Waals surface area contributed by atoms with Gasteiger partial charge in [0.25, 0.3) is 0 Å². The Morgan fingerprint density at radius 1 is 1.23 bits per heavy atom. The molecule has 2 aromatic rings. The number of nitrogens with one attached hydrogen (secondary N) is 1. The fraction of sp³-hybridized carbons (Fsp3) is 0.333. The van der Waals surface area contributed by atoms with Crippen LogP contribution in [0.4, 0.5) is 16.0 Å². The Bertz CT molecular complexity index is 649. The maximum atomic E-state index is 13.3. The molecule has 0 amide bonds. The number of anilines is 2. The van der Waals surface area contributed by atoms with Crippen LogP contribution in [-0.2, 0) is 6.54 Å². The van der Waals surface area contributed by atoms with Crippen molar-refractivity contribution in [1.29, 1.82) is 0 Å². The minimum Gasteiger partial charge on any atom is -0.497 e. The molecule has 0 saturated carbocycles. The van der Waals surface area contributed by atoms with E-state index in [4.69, 9.17) is 15.2 Å². The average molecular weight is 306 g/mol. The lowest BCUT2D eigenvalue weighted by molar-refractivity contribution is 0.357. The smallest absolute Gasteiger partial charge is 0.166 e. The van der Waals surface area contributed by atoms with Gasteiger partial charge in [-0.2, -0.15) is 0 Å². The standard InChI is InChI=1S/C15H19FN4O2/c1-9(16)15-19-13(17)7-14(20-15)18-8-10-4-5-11(21-2)6-12(10)22-3/h4-7,9H,8H2,1-3H3,(H3,17,18,19,20). The van der Waals surface area contributed by atoms with Crippen LogP contribution in [0.1, 0.15) is 24.5 Å². The number of nitrogens with two attached hydrogens (primary N) is 1. The van der Waals surface area contributed by atoms with Crippen LogP contribution < -0.4 is 20.5 Å². The first-order valence-corrected chi connectivity index (χ1v) is 6.76. The molecule has 1 atom stereocenters. The van der Waals surface area contributed by atoms with E-state index >= 15 is 0 Å². The van der Waals surface area contributed by atoms with Gasteiger partial charge in [-0.3, -0.25) is 0 Å². The van der Waals surface area contributed by atoms with E-state index in [1.54, 1.807) is 26.4 Å². The molecule has 0 spiro atoms. The SMILES string of the molecule is COc1ccc(CNc2cc(N)nc(C(C)F)n2)c(OC)c1. The summed E-state index contributed by atoms with van der Waals surface area (Å²) in [6, 6.07) is 7.07. The van der Waals surface area contributed by atoms with Crippen molar-refractivity contribution in [3.8, 4) is 11.5 Å². The zero-order valence-corrected chi connectivity index (χ0v) is 12.8. The molecule has 22 heavy (non-hydrogen) atoms. The van der Waals surface area contributed by atoms with Crippen LogP contribution in [0.3, 0.4) is 0 Å². The van der Waals surface area contributed by atoms with E-state index in [-0.39, 0.29) is 11.6 Å². The highest BCUT2D eigenvalue weighted by Gasteiger charge is 2.10. The Balaban J connectivity index is 2.16. The Labute approximate surface area is 128 Å². The number of aromatic nitrogens is 2. The number of halogens is 1. The second-order valence-electron chi connectivity index (χ2n) is 4.68. The molecule has 1 unspecified atom stereocenters. The summed E-state index contributed by atoms with van der Waals surface area (Å²) in [5.74, 6) is 2.14. The van der Waals surface area contributed by atoms with Crippen molar-refractivity contribution < 1.29 is 13.9 Å². The van der Waals surface area contributed by atoms with Gasteiger partial charge < -0.3 is 20.5 Å². The first kappa shape index (κ1) is 15.8. The van der Waals surface area contributed by atoms with Crippen molar-refractivity contribution in [1.82, 2.24) is 9.97 Å². The van der Waals surface area contributed by atoms with Crippen molar-refractivity contribution in [3.05, 3.63) is 35.7 Å². The number of hydrogen-bond donors (Lipinski definition) is 2. The summed E-state index contributed by atoms with van der Waals surface area (Å²) in [7, 11) is 3.18. The van der Waals surface area contributed by atoms with Gasteiger partial charge >= 0.3 is 0 Å². The van der Waals surface area contributed by atoms with Crippen LogP contribution in [0.15, 0.2) is 24.3 Å². The van der Waals surface area contributed by atoms with Crippen LogP contribution in [-0.4, -0.2) is 24.2 Å². The number of ether oxygens (including phenoxy) is 2. The van der Waals surface area contributed by atoms with Crippen LogP contribution in [0.25, 0.3) is 0 Å². The van der Waals surface area contributed by atoms with E-state index in [0.717, 1.165) is 5.56 Å². The third-order valence-corrected chi connectivity index (χ3v) is 3.07. The predicted octanol–water partition coefficient (Wildman–Crippen LogP) is 2.72. The molecule has 3 N–H and O–H groups in total. The van der Waals surface area contributed by atoms with Gasteiger partial charge in [-0.1, -0.05) is 0 Å². The second kappa shape index (κ2) is 6.93. The summed E-state index contributed by atoms with van der Waals surface area (Å²) in [6.45, 7) is 1.81. The largest absolute Gasteiger partial charge is 0.497 e. The number of methoxy groups -OCH3 is 2. The highest BCUT2D eigenvalue weighted by Crippen LogP contribution is 2.25. The van der Waals surface area contributed by atoms with Crippen LogP contribution in [0, 0.1) is 0 Å². The molecule has 1 heterocycles. The highest BCUT2D eigenvalue weighted by molar-refractivity contribution is 5.47. The Kier molecular flexibility index (Phi) is 4.98. The van der Waals surface area contributed by atoms with Gasteiger partial charge in [-0.25, -0.2) is 14.4 Å². The molecular weight excluding hydrogens is 287 g/mol. The van der Waals surface area contributed by atoms with Crippen molar-refractivity contribution in [2.24, 2.45) is 0 Å². The lowest BCUT2D eigenvalue weighted by Gasteiger charge is -2.12. The van der Waals surface area contributed by atoms with Crippen molar-refractivity contribution in [2.75, 3.05) is 25.3 Å². The van der Waals surface area contributed by atoms with Crippen molar-refractivity contribution >= 4 is 11.6 Å². The van der Waals surface area contributed by atoms with Gasteiger partial charge in [0.05, 0.1) is 14.2 Å². The Hall–Kier alpha value is -2.57. The molecule has 6 nitrogen and oxygen atoms in total. The predicted molar refractivity (Wildman–Crippen MR) is 82.8 cm³/mol. The zero-order valence-electron chi connectivity index (χ0n) is 12.8. The Morgan fingerprint density at radius 3 is 2.64 bits per heavy atom. The summed E-state index contributed by atoms with van der Waals surface area (Å²) in [5.41, 5.74) is 6.57. The average Bonchev–Trinajstić information content (AvgIpc) is 2.52. The monoisotopic (exact) mass is 306 g/mol. The first-order valence-electron chi connectivity index (χ1n) is 6.76. The van der Waals surface area contributed by atoms with Gasteiger partial charge in [0.15, 0.2) is 12.0 Å². The molecule has 0 saturated heterocycles. The van der Waals surface area contributed by atoms with Crippen molar-refractivity contribution in [3.63, 3.8) is 0 Å². The summed E-state index contributed by atoms with van der Waals surface area (Å²) in [4.78, 5) is 7.95. The van der Waals surface area contributed by atoms with E-state index < -0.39 is 6.17 Å². The van der Waals surface area contributed by atoms with E-state index in [1.165, 1.54) is 6.92 Å². The van der Waals surface area contributed by atoms with E-state index in [9.17, 15) is 4.39 Å². The molecule has 1 aromatic carbocycles. The van der Waals surface area contributed by atoms with Crippen LogP contribution in [0.2, 0.25) is 0 Å². The molecule has 118 valence electrons. The first-order chi connectivity index (χ1) is 10.5. The molecule has 1 aromatic heterocycles. The minimum atomic E-state index is -1.28. The number of nitrogen functional groups attached to an aromatic ring is 1. The molecular formula is C15H19FN4O2. The maximum Gasteiger partial charge on any atom is 0.166 e. The van der Waals surface area contributed by atoms with Gasteiger partial charge in [-0.15, -0.1) is 0 Å². The second-order valence-corrected chi connectivity index (χ2v) is 4.68. The molecule has 0 aliphatic heterocycles. The highest BCUT2D eigenvalue weighted by atomic mass is 19.1. The third-order valence-electron chi connectivity index (χ3n) is 3.07. The molecule has 0 bridgehead atoms. The fourth-order valence-electron chi connectivity index (χ4n) is 1.94. The Morgan fingerprint density at radius 2 is 2.00 bits per heavy atom. The van der Waals surface area contributed by atoms with Gasteiger partial charge in [0.2, 0.25) is 0 Å².